The highest BCUT2D eigenvalue weighted by Crippen LogP contribution is 2.28. The Morgan fingerprint density at radius 1 is 1.22 bits per heavy atom. The van der Waals surface area contributed by atoms with E-state index in [0.717, 1.165) is 17.5 Å². The van der Waals surface area contributed by atoms with Crippen LogP contribution in [-0.4, -0.2) is 9.97 Å². The smallest absolute Gasteiger partial charge is 0.222 e. The van der Waals surface area contributed by atoms with Crippen molar-refractivity contribution in [2.24, 2.45) is 0 Å². The summed E-state index contributed by atoms with van der Waals surface area (Å²) in [6.45, 7) is 2.04. The zero-order chi connectivity index (χ0) is 13.1. The molecule has 0 atom stereocenters. The van der Waals surface area contributed by atoms with E-state index in [4.69, 9.17) is 16.7 Å². The first kappa shape index (κ1) is 11.9. The molecule has 0 aliphatic heterocycles. The highest BCUT2D eigenvalue weighted by atomic mass is 15.0. The van der Waals surface area contributed by atoms with Crippen LogP contribution in [0.2, 0.25) is 0 Å². The Morgan fingerprint density at radius 3 is 2.61 bits per heavy atom. The highest BCUT2D eigenvalue weighted by Gasteiger charge is 2.14. The molecule has 0 saturated heterocycles. The van der Waals surface area contributed by atoms with Crippen molar-refractivity contribution in [3.8, 4) is 17.3 Å². The number of rotatable bonds is 2. The van der Waals surface area contributed by atoms with Crippen LogP contribution in [0.25, 0.3) is 11.3 Å². The molecule has 0 fully saturated rings. The largest absolute Gasteiger partial charge is 0.382 e. The highest BCUT2D eigenvalue weighted by molar-refractivity contribution is 5.75. The Kier molecular flexibility index (Phi) is 3.11. The molecule has 4 N–H and O–H groups in total. The van der Waals surface area contributed by atoms with Crippen LogP contribution in [0, 0.1) is 11.3 Å². The fraction of sp³-hybridized carbons (Fsp3) is 0.154. The van der Waals surface area contributed by atoms with Gasteiger partial charge in [-0.15, -0.1) is 0 Å². The third-order valence-electron chi connectivity index (χ3n) is 2.72. The molecule has 5 nitrogen and oxygen atoms in total. The molecule has 1 aromatic heterocycles. The van der Waals surface area contributed by atoms with E-state index in [1.807, 2.05) is 37.3 Å². The third kappa shape index (κ3) is 1.96. The first-order chi connectivity index (χ1) is 8.67. The van der Waals surface area contributed by atoms with Gasteiger partial charge < -0.3 is 11.5 Å². The molecule has 0 amide bonds. The number of benzene rings is 1. The van der Waals surface area contributed by atoms with Gasteiger partial charge in [0, 0.05) is 5.56 Å². The molecule has 2 rings (SSSR count). The zero-order valence-electron chi connectivity index (χ0n) is 10.0. The minimum Gasteiger partial charge on any atom is -0.382 e. The normalized spacial score (nSPS) is 10.0. The van der Waals surface area contributed by atoms with Gasteiger partial charge in [0.15, 0.2) is 0 Å². The standard InChI is InChI=1S/C13H13N5/c1-2-8-5-3-4-6-9(8)11-10(7-14)12(15)18-13(16)17-11/h3-6H,2H2,1H3,(H4,15,16,17,18). The van der Waals surface area contributed by atoms with Gasteiger partial charge in [0.1, 0.15) is 17.5 Å². The monoisotopic (exact) mass is 239 g/mol. The van der Waals surface area contributed by atoms with Crippen molar-refractivity contribution in [2.75, 3.05) is 11.5 Å². The summed E-state index contributed by atoms with van der Waals surface area (Å²) in [5, 5.41) is 9.16. The number of nitrogen functional groups attached to an aromatic ring is 2. The number of anilines is 2. The summed E-state index contributed by atoms with van der Waals surface area (Å²) in [5.41, 5.74) is 14.0. The lowest BCUT2D eigenvalue weighted by Gasteiger charge is -2.10. The second kappa shape index (κ2) is 4.72. The minimum absolute atomic E-state index is 0.0763. The fourth-order valence-corrected chi connectivity index (χ4v) is 1.86. The van der Waals surface area contributed by atoms with Crippen molar-refractivity contribution in [1.82, 2.24) is 9.97 Å². The molecule has 0 unspecified atom stereocenters. The van der Waals surface area contributed by atoms with Crippen LogP contribution in [0.4, 0.5) is 11.8 Å². The second-order valence-electron chi connectivity index (χ2n) is 3.81. The zero-order valence-corrected chi connectivity index (χ0v) is 10.0. The molecule has 2 aromatic rings. The lowest BCUT2D eigenvalue weighted by molar-refractivity contribution is 1.12. The number of aromatic nitrogens is 2. The summed E-state index contributed by atoms with van der Waals surface area (Å²) in [6.07, 6.45) is 0.838. The van der Waals surface area contributed by atoms with E-state index in [2.05, 4.69) is 9.97 Å². The molecular formula is C13H13N5. The van der Waals surface area contributed by atoms with E-state index < -0.39 is 0 Å². The molecule has 0 spiro atoms. The number of nitrogens with zero attached hydrogens (tertiary/aromatic N) is 3. The average molecular weight is 239 g/mol. The van der Waals surface area contributed by atoms with E-state index >= 15 is 0 Å². The third-order valence-corrected chi connectivity index (χ3v) is 2.72. The number of nitriles is 1. The second-order valence-corrected chi connectivity index (χ2v) is 3.81. The first-order valence-corrected chi connectivity index (χ1v) is 5.58. The van der Waals surface area contributed by atoms with E-state index in [0.29, 0.717) is 5.69 Å². The number of hydrogen-bond acceptors (Lipinski definition) is 5. The number of nitrogens with two attached hydrogens (primary N) is 2. The predicted molar refractivity (Wildman–Crippen MR) is 70.4 cm³/mol. The molecule has 18 heavy (non-hydrogen) atoms. The van der Waals surface area contributed by atoms with Crippen molar-refractivity contribution >= 4 is 11.8 Å². The Hall–Kier alpha value is -2.61. The fourth-order valence-electron chi connectivity index (χ4n) is 1.86. The minimum atomic E-state index is 0.0763. The summed E-state index contributed by atoms with van der Waals surface area (Å²) < 4.78 is 0. The summed E-state index contributed by atoms with van der Waals surface area (Å²) in [4.78, 5) is 7.96. The average Bonchev–Trinajstić information content (AvgIpc) is 2.38. The van der Waals surface area contributed by atoms with E-state index in [-0.39, 0.29) is 17.3 Å². The van der Waals surface area contributed by atoms with Crippen LogP contribution < -0.4 is 11.5 Å². The maximum absolute atomic E-state index is 9.16. The van der Waals surface area contributed by atoms with Crippen molar-refractivity contribution in [3.05, 3.63) is 35.4 Å². The van der Waals surface area contributed by atoms with Crippen molar-refractivity contribution < 1.29 is 0 Å². The van der Waals surface area contributed by atoms with Gasteiger partial charge in [-0.25, -0.2) is 4.98 Å². The van der Waals surface area contributed by atoms with Crippen LogP contribution in [0.3, 0.4) is 0 Å². The topological polar surface area (TPSA) is 102 Å². The van der Waals surface area contributed by atoms with E-state index in [1.165, 1.54) is 0 Å². The Balaban J connectivity index is 2.75. The lowest BCUT2D eigenvalue weighted by atomic mass is 9.99. The molecule has 90 valence electrons. The van der Waals surface area contributed by atoms with Gasteiger partial charge >= 0.3 is 0 Å². The molecule has 0 aliphatic carbocycles. The first-order valence-electron chi connectivity index (χ1n) is 5.58. The van der Waals surface area contributed by atoms with Gasteiger partial charge in [-0.2, -0.15) is 10.2 Å². The summed E-state index contributed by atoms with van der Waals surface area (Å²) >= 11 is 0. The summed E-state index contributed by atoms with van der Waals surface area (Å²) in [5.74, 6) is 0.193. The Labute approximate surface area is 105 Å². The Bertz CT molecular complexity index is 628. The van der Waals surface area contributed by atoms with Gasteiger partial charge in [-0.05, 0) is 12.0 Å². The van der Waals surface area contributed by atoms with Gasteiger partial charge in [-0.1, -0.05) is 31.2 Å². The van der Waals surface area contributed by atoms with Crippen LogP contribution in [0.1, 0.15) is 18.1 Å². The van der Waals surface area contributed by atoms with Gasteiger partial charge in [-0.3, -0.25) is 0 Å². The van der Waals surface area contributed by atoms with E-state index in [1.54, 1.807) is 0 Å². The maximum atomic E-state index is 9.16. The van der Waals surface area contributed by atoms with Crippen molar-refractivity contribution in [1.29, 1.82) is 5.26 Å². The van der Waals surface area contributed by atoms with Crippen molar-refractivity contribution in [2.45, 2.75) is 13.3 Å². The number of hydrogen-bond donors (Lipinski definition) is 2. The molecule has 1 heterocycles. The summed E-state index contributed by atoms with van der Waals surface area (Å²) in [6, 6.07) is 9.77. The van der Waals surface area contributed by atoms with Gasteiger partial charge in [0.25, 0.3) is 0 Å². The van der Waals surface area contributed by atoms with Gasteiger partial charge in [0.2, 0.25) is 5.95 Å². The lowest BCUT2D eigenvalue weighted by Crippen LogP contribution is -2.05. The van der Waals surface area contributed by atoms with Gasteiger partial charge in [0.05, 0.1) is 5.69 Å². The van der Waals surface area contributed by atoms with Crippen LogP contribution in [-0.2, 0) is 6.42 Å². The van der Waals surface area contributed by atoms with Crippen LogP contribution in [0.5, 0.6) is 0 Å². The molecular weight excluding hydrogens is 226 g/mol. The molecule has 1 aromatic carbocycles. The maximum Gasteiger partial charge on any atom is 0.222 e. The SMILES string of the molecule is CCc1ccccc1-c1nc(N)nc(N)c1C#N. The van der Waals surface area contributed by atoms with Crippen molar-refractivity contribution in [3.63, 3.8) is 0 Å². The summed E-state index contributed by atoms with van der Waals surface area (Å²) in [7, 11) is 0. The Morgan fingerprint density at radius 2 is 1.94 bits per heavy atom. The van der Waals surface area contributed by atoms with E-state index in [9.17, 15) is 0 Å². The molecule has 5 heteroatoms. The number of aryl methyl sites for hydroxylation is 1. The quantitative estimate of drug-likeness (QED) is 0.831. The van der Waals surface area contributed by atoms with Crippen LogP contribution >= 0.6 is 0 Å². The predicted octanol–water partition coefficient (Wildman–Crippen LogP) is 1.74. The molecule has 0 saturated carbocycles. The molecule has 0 bridgehead atoms. The molecule has 0 aliphatic rings. The molecule has 0 radical (unpaired) electrons. The van der Waals surface area contributed by atoms with Crippen LogP contribution in [0.15, 0.2) is 24.3 Å².